The van der Waals surface area contributed by atoms with Crippen molar-refractivity contribution in [2.24, 2.45) is 11.5 Å². The first-order valence-electron chi connectivity index (χ1n) is 13.3. The van der Waals surface area contributed by atoms with Crippen molar-refractivity contribution in [1.29, 1.82) is 0 Å². The van der Waals surface area contributed by atoms with Crippen LogP contribution in [0.5, 0.6) is 0 Å². The largest absolute Gasteiger partial charge is 0.369 e. The molecule has 0 atom stereocenters. The summed E-state index contributed by atoms with van der Waals surface area (Å²) in [6, 6.07) is 11.0. The van der Waals surface area contributed by atoms with Crippen LogP contribution >= 0.6 is 11.6 Å². The lowest BCUT2D eigenvalue weighted by atomic mass is 9.86. The smallest absolute Gasteiger partial charge is 0.237 e. The number of halogens is 2. The molecule has 1 aliphatic rings. The number of anilines is 2. The zero-order valence-electron chi connectivity index (χ0n) is 22.7. The number of nitrogens with two attached hydrogens (primary N) is 2. The van der Waals surface area contributed by atoms with Crippen molar-refractivity contribution in [2.45, 2.75) is 31.7 Å². The van der Waals surface area contributed by atoms with E-state index < -0.39 is 35.5 Å². The number of amides is 3. The molecule has 218 valence electrons. The number of benzene rings is 2. The van der Waals surface area contributed by atoms with E-state index in [4.69, 9.17) is 28.1 Å². The zero-order valence-corrected chi connectivity index (χ0v) is 23.5. The van der Waals surface area contributed by atoms with E-state index in [-0.39, 0.29) is 16.4 Å². The van der Waals surface area contributed by atoms with Gasteiger partial charge in [-0.2, -0.15) is 0 Å². The molecular weight excluding hydrogens is 565 g/mol. The normalized spacial score (nSPS) is 14.6. The molecule has 2 aromatic heterocycles. The Morgan fingerprint density at radius 1 is 1.07 bits per heavy atom. The molecule has 14 heteroatoms. The van der Waals surface area contributed by atoms with Crippen LogP contribution in [0, 0.1) is 5.82 Å². The number of hydrogen-bond donors (Lipinski definition) is 4. The van der Waals surface area contributed by atoms with Crippen molar-refractivity contribution in [3.63, 3.8) is 0 Å². The van der Waals surface area contributed by atoms with Crippen molar-refractivity contribution >= 4 is 52.0 Å². The van der Waals surface area contributed by atoms with E-state index >= 15 is 4.39 Å². The first-order chi connectivity index (χ1) is 20.1. The molecule has 12 nitrogen and oxygen atoms in total. The minimum Gasteiger partial charge on any atom is -0.369 e. The number of hydrogen-bond acceptors (Lipinski definition) is 8. The predicted octanol–water partition coefficient (Wildman–Crippen LogP) is 2.52. The lowest BCUT2D eigenvalue weighted by molar-refractivity contribution is -0.126. The van der Waals surface area contributed by atoms with E-state index in [1.165, 1.54) is 12.4 Å². The summed E-state index contributed by atoms with van der Waals surface area (Å²) in [4.78, 5) is 51.2. The molecule has 5 rings (SSSR count). The summed E-state index contributed by atoms with van der Waals surface area (Å²) in [6.45, 7) is 3.50. The second-order valence-electron chi connectivity index (χ2n) is 9.97. The van der Waals surface area contributed by atoms with E-state index in [0.717, 1.165) is 0 Å². The molecule has 6 N–H and O–H groups in total. The highest BCUT2D eigenvalue weighted by molar-refractivity contribution is 6.30. The molecule has 1 saturated heterocycles. The number of carbonyl (C=O) groups is 3. The molecule has 4 aromatic rings. The van der Waals surface area contributed by atoms with Crippen molar-refractivity contribution in [3.8, 4) is 17.1 Å². The molecule has 2 aromatic carbocycles. The third-order valence-electron chi connectivity index (χ3n) is 7.24. The van der Waals surface area contributed by atoms with E-state index in [2.05, 4.69) is 20.6 Å². The van der Waals surface area contributed by atoms with Crippen LogP contribution in [-0.2, 0) is 14.4 Å². The third kappa shape index (κ3) is 5.60. The van der Waals surface area contributed by atoms with Crippen LogP contribution in [0.1, 0.15) is 26.2 Å². The van der Waals surface area contributed by atoms with Crippen LogP contribution in [0.25, 0.3) is 28.2 Å². The summed E-state index contributed by atoms with van der Waals surface area (Å²) < 4.78 is 16.9. The molecule has 0 bridgehead atoms. The summed E-state index contributed by atoms with van der Waals surface area (Å²) in [5.41, 5.74) is 12.1. The van der Waals surface area contributed by atoms with Gasteiger partial charge in [0.25, 0.3) is 0 Å². The number of nitrogens with one attached hydrogen (secondary N) is 2. The average molecular weight is 594 g/mol. The number of aromatic nitrogens is 4. The van der Waals surface area contributed by atoms with Gasteiger partial charge >= 0.3 is 0 Å². The fourth-order valence-electron chi connectivity index (χ4n) is 5.21. The van der Waals surface area contributed by atoms with Crippen molar-refractivity contribution in [1.82, 2.24) is 24.8 Å². The summed E-state index contributed by atoms with van der Waals surface area (Å²) in [5.74, 6) is -1.44. The number of likely N-dealkylation sites (N-methyl/N-ethyl adjacent to an activating group) is 1. The molecular formula is C28H29ClFN9O3. The molecule has 42 heavy (non-hydrogen) atoms. The first-order valence-corrected chi connectivity index (χ1v) is 13.7. The van der Waals surface area contributed by atoms with Gasteiger partial charge in [-0.1, -0.05) is 18.5 Å². The summed E-state index contributed by atoms with van der Waals surface area (Å²) in [6.07, 6.45) is 1.92. The van der Waals surface area contributed by atoms with E-state index in [1.54, 1.807) is 41.0 Å². The van der Waals surface area contributed by atoms with E-state index in [9.17, 15) is 14.4 Å². The van der Waals surface area contributed by atoms with Gasteiger partial charge in [0.1, 0.15) is 29.9 Å². The quantitative estimate of drug-likeness (QED) is 0.214. The molecule has 0 spiro atoms. The number of rotatable bonds is 9. The fourth-order valence-corrected chi connectivity index (χ4v) is 5.37. The van der Waals surface area contributed by atoms with Gasteiger partial charge in [-0.05, 0) is 61.9 Å². The summed E-state index contributed by atoms with van der Waals surface area (Å²) in [5, 5.41) is 6.09. The Hall–Kier alpha value is -4.62. The van der Waals surface area contributed by atoms with Gasteiger partial charge in [0, 0.05) is 29.5 Å². The molecule has 3 amide bonds. The van der Waals surface area contributed by atoms with Gasteiger partial charge in [-0.25, -0.2) is 19.3 Å². The molecule has 0 radical (unpaired) electrons. The van der Waals surface area contributed by atoms with Crippen molar-refractivity contribution < 1.29 is 18.8 Å². The molecule has 3 heterocycles. The SMILES string of the molecule is CCNC1(C(N)=O)CCN(c2ncnc3c2nc(-c2ccc(Cl)cc2F)n3-c2ccc(NC(=O)CC(N)=O)cc2)CC1. The highest BCUT2D eigenvalue weighted by atomic mass is 35.5. The second kappa shape index (κ2) is 11.7. The zero-order chi connectivity index (χ0) is 30.0. The monoisotopic (exact) mass is 593 g/mol. The van der Waals surface area contributed by atoms with Crippen LogP contribution in [0.4, 0.5) is 15.9 Å². The van der Waals surface area contributed by atoms with Crippen LogP contribution in [0.15, 0.2) is 48.8 Å². The maximum Gasteiger partial charge on any atom is 0.237 e. The number of fused-ring (bicyclic) bond motifs is 1. The van der Waals surface area contributed by atoms with Crippen LogP contribution in [0.3, 0.4) is 0 Å². The Bertz CT molecular complexity index is 1670. The Morgan fingerprint density at radius 3 is 2.40 bits per heavy atom. The molecule has 1 aliphatic heterocycles. The van der Waals surface area contributed by atoms with E-state index in [1.807, 2.05) is 11.8 Å². The van der Waals surface area contributed by atoms with E-state index in [0.29, 0.717) is 60.8 Å². The van der Waals surface area contributed by atoms with Crippen molar-refractivity contribution in [3.05, 3.63) is 59.6 Å². The van der Waals surface area contributed by atoms with Gasteiger partial charge in [0.15, 0.2) is 17.0 Å². The minimum atomic E-state index is -0.803. The Kier molecular flexibility index (Phi) is 8.05. The lowest BCUT2D eigenvalue weighted by Gasteiger charge is -2.40. The number of nitrogens with zero attached hydrogens (tertiary/aromatic N) is 5. The number of imidazole rings is 1. The van der Waals surface area contributed by atoms with Crippen molar-refractivity contribution in [2.75, 3.05) is 29.9 Å². The van der Waals surface area contributed by atoms with Crippen LogP contribution in [0.2, 0.25) is 5.02 Å². The molecule has 1 fully saturated rings. The Balaban J connectivity index is 1.58. The van der Waals surface area contributed by atoms with Gasteiger partial charge in [-0.15, -0.1) is 0 Å². The van der Waals surface area contributed by atoms with Gasteiger partial charge < -0.3 is 27.0 Å². The lowest BCUT2D eigenvalue weighted by Crippen LogP contribution is -2.61. The fraction of sp³-hybridized carbons (Fsp3) is 0.286. The summed E-state index contributed by atoms with van der Waals surface area (Å²) in [7, 11) is 0. The Labute approximate surface area is 245 Å². The number of piperidine rings is 1. The average Bonchev–Trinajstić information content (AvgIpc) is 3.33. The highest BCUT2D eigenvalue weighted by Crippen LogP contribution is 2.35. The van der Waals surface area contributed by atoms with Gasteiger partial charge in [-0.3, -0.25) is 19.0 Å². The second-order valence-corrected chi connectivity index (χ2v) is 10.4. The maximum atomic E-state index is 15.2. The maximum absolute atomic E-state index is 15.2. The predicted molar refractivity (Wildman–Crippen MR) is 157 cm³/mol. The van der Waals surface area contributed by atoms with Crippen LogP contribution < -0.4 is 27.0 Å². The summed E-state index contributed by atoms with van der Waals surface area (Å²) >= 11 is 6.03. The standard InChI is InChI=1S/C28H29ClFN9O3/c1-2-35-28(27(32)42)9-11-38(12-10-28)25-23-26(34-15-33-25)39(24(37-23)19-8-3-16(29)13-20(19)30)18-6-4-17(5-7-18)36-22(41)14-21(31)40/h3-8,13,15,35H,2,9-12,14H2,1H3,(H2,31,40)(H2,32,42)(H,36,41). The third-order valence-corrected chi connectivity index (χ3v) is 7.48. The number of carbonyl (C=O) groups excluding carboxylic acids is 3. The van der Waals surface area contributed by atoms with Gasteiger partial charge in [0.2, 0.25) is 17.7 Å². The number of primary amides is 2. The first kappa shape index (κ1) is 28.9. The molecule has 0 unspecified atom stereocenters. The minimum absolute atomic E-state index is 0.195. The topological polar surface area (TPSA) is 174 Å². The molecule has 0 aliphatic carbocycles. The molecule has 0 saturated carbocycles. The Morgan fingerprint density at radius 2 is 1.79 bits per heavy atom. The highest BCUT2D eigenvalue weighted by Gasteiger charge is 2.40. The van der Waals surface area contributed by atoms with Gasteiger partial charge in [0.05, 0.1) is 5.56 Å². The van der Waals surface area contributed by atoms with Crippen LogP contribution in [-0.4, -0.2) is 62.4 Å².